The van der Waals surface area contributed by atoms with Crippen LogP contribution < -0.4 is 4.90 Å². The fraction of sp³-hybridized carbons (Fsp3) is 0.222. The van der Waals surface area contributed by atoms with E-state index in [4.69, 9.17) is 0 Å². The third-order valence-corrected chi connectivity index (χ3v) is 4.83. The van der Waals surface area contributed by atoms with Gasteiger partial charge in [0, 0.05) is 48.6 Å². The van der Waals surface area contributed by atoms with Crippen LogP contribution in [0.15, 0.2) is 59.3 Å². The van der Waals surface area contributed by atoms with E-state index in [0.29, 0.717) is 24.5 Å². The molecular formula is C18H17BrN6O. The molecule has 1 saturated heterocycles. The second-order valence-electron chi connectivity index (χ2n) is 5.99. The maximum Gasteiger partial charge on any atom is 0.254 e. The lowest BCUT2D eigenvalue weighted by molar-refractivity contribution is 0.0746. The summed E-state index contributed by atoms with van der Waals surface area (Å²) in [6.45, 7) is 2.78. The highest BCUT2D eigenvalue weighted by Gasteiger charge is 2.23. The van der Waals surface area contributed by atoms with Crippen LogP contribution in [0, 0.1) is 0 Å². The lowest BCUT2D eigenvalue weighted by Gasteiger charge is -2.35. The molecule has 4 rings (SSSR count). The molecule has 0 unspecified atom stereocenters. The molecule has 0 N–H and O–H groups in total. The Labute approximate surface area is 159 Å². The van der Waals surface area contributed by atoms with Crippen molar-refractivity contribution in [3.63, 3.8) is 0 Å². The fourth-order valence-corrected chi connectivity index (χ4v) is 3.36. The number of carbonyl (C=O) groups is 1. The van der Waals surface area contributed by atoms with Crippen molar-refractivity contribution in [3.8, 4) is 5.82 Å². The van der Waals surface area contributed by atoms with E-state index in [1.165, 1.54) is 0 Å². The van der Waals surface area contributed by atoms with Gasteiger partial charge >= 0.3 is 0 Å². The first-order valence-corrected chi connectivity index (χ1v) is 9.13. The number of amides is 1. The number of piperazine rings is 1. The molecule has 0 bridgehead atoms. The average molecular weight is 413 g/mol. The van der Waals surface area contributed by atoms with E-state index >= 15 is 0 Å². The third-order valence-electron chi connectivity index (χ3n) is 4.34. The molecule has 3 heterocycles. The molecule has 0 spiro atoms. The Kier molecular flexibility index (Phi) is 4.66. The topological polar surface area (TPSA) is 67.2 Å². The van der Waals surface area contributed by atoms with Gasteiger partial charge in [0.05, 0.1) is 0 Å². The first-order chi connectivity index (χ1) is 12.7. The number of hydrogen-bond acceptors (Lipinski definition) is 5. The first kappa shape index (κ1) is 16.7. The van der Waals surface area contributed by atoms with Crippen LogP contribution in [0.25, 0.3) is 5.82 Å². The van der Waals surface area contributed by atoms with Crippen LogP contribution in [0.5, 0.6) is 0 Å². The van der Waals surface area contributed by atoms with Crippen LogP contribution in [0.1, 0.15) is 10.4 Å². The zero-order valence-electron chi connectivity index (χ0n) is 14.0. The Morgan fingerprint density at radius 1 is 0.962 bits per heavy atom. The molecule has 0 saturated carbocycles. The summed E-state index contributed by atoms with van der Waals surface area (Å²) in [4.78, 5) is 16.6. The quantitative estimate of drug-likeness (QED) is 0.660. The van der Waals surface area contributed by atoms with Crippen molar-refractivity contribution in [1.82, 2.24) is 24.9 Å². The third kappa shape index (κ3) is 3.45. The van der Waals surface area contributed by atoms with Crippen molar-refractivity contribution in [2.24, 2.45) is 0 Å². The van der Waals surface area contributed by atoms with E-state index in [0.717, 1.165) is 23.4 Å². The number of rotatable bonds is 3. The first-order valence-electron chi connectivity index (χ1n) is 8.34. The van der Waals surface area contributed by atoms with Crippen LogP contribution in [0.4, 0.5) is 5.82 Å². The maximum atomic E-state index is 12.6. The van der Waals surface area contributed by atoms with Crippen molar-refractivity contribution in [3.05, 3.63) is 64.9 Å². The van der Waals surface area contributed by atoms with Crippen molar-refractivity contribution in [1.29, 1.82) is 0 Å². The van der Waals surface area contributed by atoms with Gasteiger partial charge in [-0.2, -0.15) is 5.10 Å². The van der Waals surface area contributed by atoms with Gasteiger partial charge in [-0.3, -0.25) is 4.79 Å². The molecule has 8 heteroatoms. The van der Waals surface area contributed by atoms with Gasteiger partial charge in [0.1, 0.15) is 0 Å². The molecule has 7 nitrogen and oxygen atoms in total. The number of benzene rings is 1. The van der Waals surface area contributed by atoms with Crippen LogP contribution in [0.2, 0.25) is 0 Å². The molecule has 1 aromatic carbocycles. The van der Waals surface area contributed by atoms with Crippen LogP contribution in [-0.4, -0.2) is 57.0 Å². The fourth-order valence-electron chi connectivity index (χ4n) is 2.96. The highest BCUT2D eigenvalue weighted by molar-refractivity contribution is 9.10. The predicted octanol–water partition coefficient (Wildman–Crippen LogP) is 2.39. The summed E-state index contributed by atoms with van der Waals surface area (Å²) >= 11 is 3.41. The summed E-state index contributed by atoms with van der Waals surface area (Å²) in [5.41, 5.74) is 0.705. The summed E-state index contributed by atoms with van der Waals surface area (Å²) in [5, 5.41) is 12.7. The van der Waals surface area contributed by atoms with Crippen molar-refractivity contribution in [2.45, 2.75) is 0 Å². The largest absolute Gasteiger partial charge is 0.352 e. The molecule has 1 amide bonds. The number of anilines is 1. The minimum atomic E-state index is 0.0612. The second kappa shape index (κ2) is 7.25. The summed E-state index contributed by atoms with van der Waals surface area (Å²) in [6, 6.07) is 13.2. The van der Waals surface area contributed by atoms with E-state index in [1.807, 2.05) is 53.6 Å². The number of hydrogen-bond donors (Lipinski definition) is 0. The van der Waals surface area contributed by atoms with Gasteiger partial charge < -0.3 is 9.80 Å². The zero-order valence-corrected chi connectivity index (χ0v) is 15.6. The summed E-state index contributed by atoms with van der Waals surface area (Å²) in [5.74, 6) is 1.56. The van der Waals surface area contributed by atoms with E-state index < -0.39 is 0 Å². The van der Waals surface area contributed by atoms with Crippen LogP contribution in [0.3, 0.4) is 0 Å². The molecule has 0 aliphatic carbocycles. The average Bonchev–Trinajstić information content (AvgIpc) is 3.23. The van der Waals surface area contributed by atoms with Gasteiger partial charge in [0.2, 0.25) is 0 Å². The molecule has 132 valence electrons. The van der Waals surface area contributed by atoms with E-state index in [1.54, 1.807) is 10.9 Å². The molecule has 1 fully saturated rings. The van der Waals surface area contributed by atoms with Gasteiger partial charge in [-0.15, -0.1) is 10.2 Å². The lowest BCUT2D eigenvalue weighted by atomic mass is 10.2. The highest BCUT2D eigenvalue weighted by Crippen LogP contribution is 2.17. The van der Waals surface area contributed by atoms with E-state index in [2.05, 4.69) is 36.1 Å². The predicted molar refractivity (Wildman–Crippen MR) is 101 cm³/mol. The van der Waals surface area contributed by atoms with Gasteiger partial charge in [-0.05, 0) is 36.4 Å². The van der Waals surface area contributed by atoms with Gasteiger partial charge in [0.25, 0.3) is 5.91 Å². The van der Waals surface area contributed by atoms with Crippen molar-refractivity contribution < 1.29 is 4.79 Å². The number of nitrogens with zero attached hydrogens (tertiary/aromatic N) is 6. The minimum Gasteiger partial charge on any atom is -0.352 e. The lowest BCUT2D eigenvalue weighted by Crippen LogP contribution is -2.49. The minimum absolute atomic E-state index is 0.0612. The Morgan fingerprint density at radius 3 is 2.38 bits per heavy atom. The molecular weight excluding hydrogens is 396 g/mol. The smallest absolute Gasteiger partial charge is 0.254 e. The number of aromatic nitrogens is 4. The standard InChI is InChI=1S/C18H17BrN6O/c19-15-4-1-3-14(13-15)18(26)24-11-9-23(10-12-24)16-5-6-17(22-21-16)25-8-2-7-20-25/h1-8,13H,9-12H2. The normalized spacial score (nSPS) is 14.5. The van der Waals surface area contributed by atoms with Crippen LogP contribution >= 0.6 is 15.9 Å². The Balaban J connectivity index is 1.39. The summed E-state index contributed by atoms with van der Waals surface area (Å²) in [6.07, 6.45) is 3.53. The van der Waals surface area contributed by atoms with Crippen molar-refractivity contribution in [2.75, 3.05) is 31.1 Å². The second-order valence-corrected chi connectivity index (χ2v) is 6.91. The zero-order chi connectivity index (χ0) is 17.9. The van der Waals surface area contributed by atoms with E-state index in [9.17, 15) is 4.79 Å². The summed E-state index contributed by atoms with van der Waals surface area (Å²) < 4.78 is 2.58. The monoisotopic (exact) mass is 412 g/mol. The maximum absolute atomic E-state index is 12.6. The Hall–Kier alpha value is -2.74. The van der Waals surface area contributed by atoms with E-state index in [-0.39, 0.29) is 5.91 Å². The molecule has 26 heavy (non-hydrogen) atoms. The summed E-state index contributed by atoms with van der Waals surface area (Å²) in [7, 11) is 0. The molecule has 3 aromatic rings. The molecule has 1 aliphatic heterocycles. The molecule has 0 atom stereocenters. The highest BCUT2D eigenvalue weighted by atomic mass is 79.9. The Bertz CT molecular complexity index is 888. The molecule has 2 aromatic heterocycles. The molecule has 0 radical (unpaired) electrons. The number of halogens is 1. The van der Waals surface area contributed by atoms with Crippen molar-refractivity contribution >= 4 is 27.7 Å². The SMILES string of the molecule is O=C(c1cccc(Br)c1)N1CCN(c2ccc(-n3cccn3)nn2)CC1. The van der Waals surface area contributed by atoms with Gasteiger partial charge in [-0.1, -0.05) is 22.0 Å². The van der Waals surface area contributed by atoms with Gasteiger partial charge in [-0.25, -0.2) is 4.68 Å². The number of carbonyl (C=O) groups excluding carboxylic acids is 1. The molecule has 1 aliphatic rings. The van der Waals surface area contributed by atoms with Crippen LogP contribution in [-0.2, 0) is 0 Å². The Morgan fingerprint density at radius 2 is 1.73 bits per heavy atom. The van der Waals surface area contributed by atoms with Gasteiger partial charge in [0.15, 0.2) is 11.6 Å².